The summed E-state index contributed by atoms with van der Waals surface area (Å²) in [5.41, 5.74) is 6.72. The zero-order valence-electron chi connectivity index (χ0n) is 11.7. The molecule has 0 radical (unpaired) electrons. The highest BCUT2D eigenvalue weighted by molar-refractivity contribution is 14.0. The highest BCUT2D eigenvalue weighted by Gasteiger charge is 1.96. The number of nitrogens with two attached hydrogens (primary N) is 1. The van der Waals surface area contributed by atoms with E-state index in [9.17, 15) is 0 Å². The molecule has 0 aliphatic rings. The number of unbranched alkanes of at least 4 members (excludes halogenated alkanes) is 1. The highest BCUT2D eigenvalue weighted by Crippen LogP contribution is 1.99. The Morgan fingerprint density at radius 1 is 1.53 bits per heavy atom. The fraction of sp³-hybridized carbons (Fsp3) is 0.538. The predicted molar refractivity (Wildman–Crippen MR) is 90.9 cm³/mol. The van der Waals surface area contributed by atoms with Gasteiger partial charge < -0.3 is 15.6 Å². The molecule has 0 fully saturated rings. The minimum Gasteiger partial charge on any atom is -0.370 e. The van der Waals surface area contributed by atoms with E-state index in [2.05, 4.69) is 26.4 Å². The van der Waals surface area contributed by atoms with Crippen molar-refractivity contribution in [3.8, 4) is 0 Å². The molecule has 19 heavy (non-hydrogen) atoms. The van der Waals surface area contributed by atoms with Gasteiger partial charge in [0.2, 0.25) is 0 Å². The summed E-state index contributed by atoms with van der Waals surface area (Å²) in [6, 6.07) is 0. The Hall–Kier alpha value is -1.05. The number of aliphatic imine (C=N–C) groups is 1. The Morgan fingerprint density at radius 3 is 2.84 bits per heavy atom. The topological polar surface area (TPSA) is 68.2 Å². The number of imidazole rings is 1. The van der Waals surface area contributed by atoms with E-state index in [1.165, 1.54) is 0 Å². The zero-order valence-corrected chi connectivity index (χ0v) is 14.1. The zero-order chi connectivity index (χ0) is 13.4. The second kappa shape index (κ2) is 9.82. The molecule has 0 saturated heterocycles. The molecule has 1 aromatic heterocycles. The molecule has 0 spiro atoms. The second-order valence-electron chi connectivity index (χ2n) is 4.46. The maximum absolute atomic E-state index is 5.71. The van der Waals surface area contributed by atoms with Crippen LogP contribution in [0.2, 0.25) is 0 Å². The average molecular weight is 377 g/mol. The molecule has 1 aromatic rings. The van der Waals surface area contributed by atoms with Crippen LogP contribution in [0.4, 0.5) is 0 Å². The van der Waals surface area contributed by atoms with Crippen molar-refractivity contribution in [3.63, 3.8) is 0 Å². The van der Waals surface area contributed by atoms with Crippen LogP contribution in [0, 0.1) is 6.92 Å². The maximum Gasteiger partial charge on any atom is 0.188 e. The monoisotopic (exact) mass is 377 g/mol. The van der Waals surface area contributed by atoms with Crippen molar-refractivity contribution in [1.82, 2.24) is 14.9 Å². The molecule has 0 aliphatic carbocycles. The van der Waals surface area contributed by atoms with Gasteiger partial charge in [-0.25, -0.2) is 9.98 Å². The predicted octanol–water partition coefficient (Wildman–Crippen LogP) is 2.07. The van der Waals surface area contributed by atoms with Crippen molar-refractivity contribution < 1.29 is 0 Å². The summed E-state index contributed by atoms with van der Waals surface area (Å²) in [4.78, 5) is 8.34. The number of nitrogens with one attached hydrogen (secondary N) is 1. The summed E-state index contributed by atoms with van der Waals surface area (Å²) in [7, 11) is 0. The third-order valence-corrected chi connectivity index (χ3v) is 2.57. The smallest absolute Gasteiger partial charge is 0.188 e. The van der Waals surface area contributed by atoms with Gasteiger partial charge in [-0.1, -0.05) is 12.2 Å². The summed E-state index contributed by atoms with van der Waals surface area (Å²) in [5, 5.41) is 3.09. The summed E-state index contributed by atoms with van der Waals surface area (Å²) in [5.74, 6) is 1.56. The molecular weight excluding hydrogens is 353 g/mol. The number of nitrogens with zero attached hydrogens (tertiary/aromatic N) is 3. The van der Waals surface area contributed by atoms with Crippen molar-refractivity contribution in [3.05, 3.63) is 30.4 Å². The minimum absolute atomic E-state index is 0. The Morgan fingerprint density at radius 2 is 2.26 bits per heavy atom. The number of halogens is 1. The van der Waals surface area contributed by atoms with E-state index in [-0.39, 0.29) is 24.0 Å². The van der Waals surface area contributed by atoms with E-state index in [4.69, 9.17) is 5.73 Å². The van der Waals surface area contributed by atoms with Crippen molar-refractivity contribution in [2.45, 2.75) is 33.2 Å². The first-order chi connectivity index (χ1) is 8.59. The molecule has 0 saturated carbocycles. The summed E-state index contributed by atoms with van der Waals surface area (Å²) in [6.45, 7) is 10.2. The van der Waals surface area contributed by atoms with Crippen molar-refractivity contribution >= 4 is 29.9 Å². The molecule has 0 unspecified atom stereocenters. The van der Waals surface area contributed by atoms with Crippen LogP contribution in [-0.4, -0.2) is 28.6 Å². The third kappa shape index (κ3) is 7.86. The van der Waals surface area contributed by atoms with E-state index >= 15 is 0 Å². The molecule has 5 nitrogen and oxygen atoms in total. The fourth-order valence-electron chi connectivity index (χ4n) is 1.54. The van der Waals surface area contributed by atoms with E-state index in [0.717, 1.165) is 37.3 Å². The Kier molecular flexibility index (Phi) is 9.28. The van der Waals surface area contributed by atoms with Crippen LogP contribution < -0.4 is 11.1 Å². The Balaban J connectivity index is 0.00000324. The van der Waals surface area contributed by atoms with Crippen LogP contribution in [0.1, 0.15) is 25.6 Å². The number of guanidine groups is 1. The molecule has 6 heteroatoms. The molecule has 3 N–H and O–H groups in total. The number of aromatic nitrogens is 2. The van der Waals surface area contributed by atoms with Crippen LogP contribution in [0.5, 0.6) is 0 Å². The molecule has 0 aliphatic heterocycles. The average Bonchev–Trinajstić information content (AvgIpc) is 2.72. The number of aryl methyl sites for hydroxylation is 2. The largest absolute Gasteiger partial charge is 0.370 e. The molecular formula is C13H24IN5. The van der Waals surface area contributed by atoms with Crippen molar-refractivity contribution in [2.24, 2.45) is 10.7 Å². The van der Waals surface area contributed by atoms with Gasteiger partial charge in [0.15, 0.2) is 5.96 Å². The normalized spacial score (nSPS) is 10.9. The van der Waals surface area contributed by atoms with Gasteiger partial charge >= 0.3 is 0 Å². The van der Waals surface area contributed by atoms with E-state index in [0.29, 0.717) is 12.5 Å². The van der Waals surface area contributed by atoms with Gasteiger partial charge in [-0.2, -0.15) is 0 Å². The van der Waals surface area contributed by atoms with Gasteiger partial charge in [0, 0.05) is 25.5 Å². The lowest BCUT2D eigenvalue weighted by atomic mass is 10.3. The molecule has 108 valence electrons. The Labute approximate surface area is 132 Å². The Bertz CT molecular complexity index is 411. The van der Waals surface area contributed by atoms with Gasteiger partial charge in [-0.15, -0.1) is 24.0 Å². The maximum atomic E-state index is 5.71. The van der Waals surface area contributed by atoms with Crippen LogP contribution >= 0.6 is 24.0 Å². The van der Waals surface area contributed by atoms with E-state index < -0.39 is 0 Å². The van der Waals surface area contributed by atoms with Crippen molar-refractivity contribution in [1.29, 1.82) is 0 Å². The van der Waals surface area contributed by atoms with Crippen LogP contribution in [-0.2, 0) is 6.54 Å². The first kappa shape index (κ1) is 17.9. The molecule has 1 heterocycles. The lowest BCUT2D eigenvalue weighted by Crippen LogP contribution is -2.32. The summed E-state index contributed by atoms with van der Waals surface area (Å²) in [6.07, 6.45) is 5.99. The SMILES string of the molecule is C=C(C)CN=C(N)NCCCCn1ccnc1C.I. The lowest BCUT2D eigenvalue weighted by Gasteiger charge is -2.07. The van der Waals surface area contributed by atoms with Gasteiger partial charge in [0.25, 0.3) is 0 Å². The number of hydrogen-bond donors (Lipinski definition) is 2. The first-order valence-electron chi connectivity index (χ1n) is 6.25. The second-order valence-corrected chi connectivity index (χ2v) is 4.46. The van der Waals surface area contributed by atoms with E-state index in [1.807, 2.05) is 26.2 Å². The summed E-state index contributed by atoms with van der Waals surface area (Å²) < 4.78 is 2.15. The minimum atomic E-state index is 0. The standard InChI is InChI=1S/C13H23N5.HI/c1-11(2)10-17-13(14)16-6-4-5-8-18-9-7-15-12(18)3;/h7,9H,1,4-6,8,10H2,2-3H3,(H3,14,16,17);1H. The van der Waals surface area contributed by atoms with Crippen LogP contribution in [0.3, 0.4) is 0 Å². The molecule has 0 atom stereocenters. The molecule has 0 amide bonds. The van der Waals surface area contributed by atoms with Gasteiger partial charge in [-0.3, -0.25) is 0 Å². The van der Waals surface area contributed by atoms with Crippen molar-refractivity contribution in [2.75, 3.05) is 13.1 Å². The molecule has 1 rings (SSSR count). The van der Waals surface area contributed by atoms with Crippen LogP contribution in [0.15, 0.2) is 29.5 Å². The molecule has 0 aromatic carbocycles. The number of rotatable bonds is 7. The van der Waals surface area contributed by atoms with Gasteiger partial charge in [0.1, 0.15) is 5.82 Å². The van der Waals surface area contributed by atoms with Gasteiger partial charge in [-0.05, 0) is 26.7 Å². The van der Waals surface area contributed by atoms with E-state index in [1.54, 1.807) is 0 Å². The number of hydrogen-bond acceptors (Lipinski definition) is 2. The third-order valence-electron chi connectivity index (χ3n) is 2.57. The fourth-order valence-corrected chi connectivity index (χ4v) is 1.54. The molecule has 0 bridgehead atoms. The van der Waals surface area contributed by atoms with Gasteiger partial charge in [0.05, 0.1) is 6.54 Å². The lowest BCUT2D eigenvalue weighted by molar-refractivity contribution is 0.590. The summed E-state index contributed by atoms with van der Waals surface area (Å²) >= 11 is 0. The highest BCUT2D eigenvalue weighted by atomic mass is 127. The van der Waals surface area contributed by atoms with Crippen LogP contribution in [0.25, 0.3) is 0 Å². The quantitative estimate of drug-likeness (QED) is 0.251. The first-order valence-corrected chi connectivity index (χ1v) is 6.25.